The molecule has 1 aromatic rings. The van der Waals surface area contributed by atoms with Gasteiger partial charge in [0.15, 0.2) is 0 Å². The average molecular weight is 305 g/mol. The minimum Gasteiger partial charge on any atom is -0.348 e. The number of aromatic nitrogens is 2. The molecule has 0 aliphatic carbocycles. The van der Waals surface area contributed by atoms with Gasteiger partial charge in [0.25, 0.3) is 5.91 Å². The number of amides is 1. The number of hydrogen-bond donors (Lipinski definition) is 2. The summed E-state index contributed by atoms with van der Waals surface area (Å²) in [6.07, 6.45) is 9.16. The van der Waals surface area contributed by atoms with Crippen LogP contribution >= 0.6 is 24.8 Å². The van der Waals surface area contributed by atoms with Gasteiger partial charge >= 0.3 is 0 Å². The summed E-state index contributed by atoms with van der Waals surface area (Å²) in [4.78, 5) is 19.8. The summed E-state index contributed by atoms with van der Waals surface area (Å²) in [7, 11) is 0. The highest BCUT2D eigenvalue weighted by molar-refractivity contribution is 5.92. The van der Waals surface area contributed by atoms with Crippen molar-refractivity contribution in [2.75, 3.05) is 0 Å². The van der Waals surface area contributed by atoms with Crippen LogP contribution in [0.5, 0.6) is 0 Å². The number of carbonyl (C=O) groups is 1. The predicted molar refractivity (Wildman–Crippen MR) is 77.0 cm³/mol. The summed E-state index contributed by atoms with van der Waals surface area (Å²) in [6, 6.07) is 1.45. The van der Waals surface area contributed by atoms with Crippen LogP contribution in [0.3, 0.4) is 0 Å². The number of halogens is 2. The van der Waals surface area contributed by atoms with Crippen molar-refractivity contribution in [1.29, 1.82) is 0 Å². The van der Waals surface area contributed by atoms with Gasteiger partial charge in [-0.1, -0.05) is 0 Å². The van der Waals surface area contributed by atoms with Crippen LogP contribution < -0.4 is 10.6 Å². The Labute approximate surface area is 124 Å². The molecule has 106 valence electrons. The monoisotopic (exact) mass is 304 g/mol. The van der Waals surface area contributed by atoms with Crippen LogP contribution in [0, 0.1) is 0 Å². The Hall–Kier alpha value is -0.910. The Morgan fingerprint density at radius 2 is 1.89 bits per heavy atom. The van der Waals surface area contributed by atoms with Crippen molar-refractivity contribution >= 4 is 30.7 Å². The van der Waals surface area contributed by atoms with Gasteiger partial charge in [0.1, 0.15) is 5.69 Å². The van der Waals surface area contributed by atoms with Crippen molar-refractivity contribution in [3.63, 3.8) is 0 Å². The lowest BCUT2D eigenvalue weighted by Crippen LogP contribution is -2.48. The van der Waals surface area contributed by atoms with Crippen molar-refractivity contribution in [3.8, 4) is 0 Å². The van der Waals surface area contributed by atoms with Crippen LogP contribution in [0.1, 0.15) is 36.2 Å². The van der Waals surface area contributed by atoms with Crippen molar-refractivity contribution in [2.45, 2.75) is 43.8 Å². The number of carbonyl (C=O) groups excluding carboxylic acids is 1. The van der Waals surface area contributed by atoms with E-state index in [4.69, 9.17) is 0 Å². The van der Waals surface area contributed by atoms with Gasteiger partial charge < -0.3 is 10.6 Å². The number of nitrogens with one attached hydrogen (secondary N) is 2. The van der Waals surface area contributed by atoms with Crippen LogP contribution in [0.25, 0.3) is 0 Å². The molecule has 2 unspecified atom stereocenters. The molecular weight excluding hydrogens is 287 g/mol. The number of nitrogens with zero attached hydrogens (tertiary/aromatic N) is 2. The topological polar surface area (TPSA) is 66.9 Å². The second-order valence-electron chi connectivity index (χ2n) is 4.87. The molecule has 7 heteroatoms. The van der Waals surface area contributed by atoms with E-state index in [-0.39, 0.29) is 36.8 Å². The van der Waals surface area contributed by atoms with Gasteiger partial charge in [0, 0.05) is 30.5 Å². The molecule has 3 rings (SSSR count). The molecule has 2 fully saturated rings. The molecule has 0 saturated carbocycles. The fraction of sp³-hybridized carbons (Fsp3) is 0.583. The van der Waals surface area contributed by atoms with E-state index in [1.807, 2.05) is 0 Å². The summed E-state index contributed by atoms with van der Waals surface area (Å²) >= 11 is 0. The second-order valence-corrected chi connectivity index (χ2v) is 4.87. The Balaban J connectivity index is 0.000000902. The minimum absolute atomic E-state index is 0. The molecular formula is C12H18Cl2N4O. The zero-order valence-electron chi connectivity index (χ0n) is 10.4. The second kappa shape index (κ2) is 7.03. The SMILES string of the molecule is Cl.Cl.O=C(NC1CC2CCC(C1)N2)c1cnccn1. The van der Waals surface area contributed by atoms with E-state index in [9.17, 15) is 4.79 Å². The Morgan fingerprint density at radius 3 is 2.47 bits per heavy atom. The van der Waals surface area contributed by atoms with Gasteiger partial charge in [-0.05, 0) is 25.7 Å². The molecule has 2 atom stereocenters. The van der Waals surface area contributed by atoms with Crippen LogP contribution in [-0.4, -0.2) is 34.0 Å². The predicted octanol–water partition coefficient (Wildman–Crippen LogP) is 1.33. The van der Waals surface area contributed by atoms with E-state index in [1.165, 1.54) is 19.0 Å². The summed E-state index contributed by atoms with van der Waals surface area (Å²) in [5.41, 5.74) is 0.401. The molecule has 0 aromatic carbocycles. The molecule has 2 saturated heterocycles. The smallest absolute Gasteiger partial charge is 0.271 e. The third-order valence-electron chi connectivity index (χ3n) is 3.60. The lowest BCUT2D eigenvalue weighted by Gasteiger charge is -2.29. The lowest BCUT2D eigenvalue weighted by atomic mass is 10.00. The highest BCUT2D eigenvalue weighted by atomic mass is 35.5. The highest BCUT2D eigenvalue weighted by Gasteiger charge is 2.34. The van der Waals surface area contributed by atoms with Gasteiger partial charge in [0.2, 0.25) is 0 Å². The Kier molecular flexibility index (Phi) is 5.97. The van der Waals surface area contributed by atoms with Gasteiger partial charge in [-0.15, -0.1) is 24.8 Å². The summed E-state index contributed by atoms with van der Waals surface area (Å²) in [5.74, 6) is -0.107. The fourth-order valence-corrected chi connectivity index (χ4v) is 2.85. The van der Waals surface area contributed by atoms with Crippen molar-refractivity contribution in [3.05, 3.63) is 24.3 Å². The van der Waals surface area contributed by atoms with E-state index >= 15 is 0 Å². The zero-order valence-corrected chi connectivity index (χ0v) is 12.0. The maximum atomic E-state index is 11.9. The zero-order chi connectivity index (χ0) is 11.7. The quantitative estimate of drug-likeness (QED) is 0.865. The molecule has 3 heterocycles. The Morgan fingerprint density at radius 1 is 1.21 bits per heavy atom. The largest absolute Gasteiger partial charge is 0.348 e. The minimum atomic E-state index is -0.107. The maximum Gasteiger partial charge on any atom is 0.271 e. The third kappa shape index (κ3) is 3.78. The van der Waals surface area contributed by atoms with Crippen LogP contribution in [0.2, 0.25) is 0 Å². The highest BCUT2D eigenvalue weighted by Crippen LogP contribution is 2.26. The lowest BCUT2D eigenvalue weighted by molar-refractivity contribution is 0.0918. The fourth-order valence-electron chi connectivity index (χ4n) is 2.85. The number of piperidine rings is 1. The normalized spacial score (nSPS) is 27.9. The molecule has 1 amide bonds. The number of rotatable bonds is 2. The molecule has 2 aliphatic rings. The van der Waals surface area contributed by atoms with Crippen LogP contribution in [-0.2, 0) is 0 Å². The summed E-state index contributed by atoms with van der Waals surface area (Å²) < 4.78 is 0. The van der Waals surface area contributed by atoms with E-state index in [1.54, 1.807) is 12.4 Å². The first-order chi connectivity index (χ1) is 8.31. The first kappa shape index (κ1) is 16.1. The first-order valence-corrected chi connectivity index (χ1v) is 6.14. The molecule has 0 spiro atoms. The van der Waals surface area contributed by atoms with Crippen LogP contribution in [0.4, 0.5) is 0 Å². The van der Waals surface area contributed by atoms with Crippen molar-refractivity contribution in [2.24, 2.45) is 0 Å². The molecule has 2 bridgehead atoms. The summed E-state index contributed by atoms with van der Waals surface area (Å²) in [5, 5.41) is 6.61. The van der Waals surface area contributed by atoms with Gasteiger partial charge in [-0.3, -0.25) is 9.78 Å². The average Bonchev–Trinajstić information content (AvgIpc) is 2.70. The molecule has 2 aliphatic heterocycles. The van der Waals surface area contributed by atoms with Crippen molar-refractivity contribution in [1.82, 2.24) is 20.6 Å². The van der Waals surface area contributed by atoms with Crippen LogP contribution in [0.15, 0.2) is 18.6 Å². The molecule has 0 radical (unpaired) electrons. The van der Waals surface area contributed by atoms with Gasteiger partial charge in [-0.25, -0.2) is 4.98 Å². The standard InChI is InChI=1S/C12H16N4O.2ClH/c17-12(11-7-13-3-4-14-11)16-10-5-8-1-2-9(6-10)15-8;;/h3-4,7-10,15H,1-2,5-6H2,(H,16,17);2*1H. The van der Waals surface area contributed by atoms with E-state index < -0.39 is 0 Å². The first-order valence-electron chi connectivity index (χ1n) is 6.14. The van der Waals surface area contributed by atoms with E-state index in [0.29, 0.717) is 17.8 Å². The molecule has 1 aromatic heterocycles. The molecule has 19 heavy (non-hydrogen) atoms. The van der Waals surface area contributed by atoms with Gasteiger partial charge in [0.05, 0.1) is 6.20 Å². The molecule has 5 nitrogen and oxygen atoms in total. The number of fused-ring (bicyclic) bond motifs is 2. The number of hydrogen-bond acceptors (Lipinski definition) is 4. The summed E-state index contributed by atoms with van der Waals surface area (Å²) in [6.45, 7) is 0. The van der Waals surface area contributed by atoms with Gasteiger partial charge in [-0.2, -0.15) is 0 Å². The molecule has 2 N–H and O–H groups in total. The van der Waals surface area contributed by atoms with E-state index in [2.05, 4.69) is 20.6 Å². The van der Waals surface area contributed by atoms with E-state index in [0.717, 1.165) is 12.8 Å². The Bertz CT molecular complexity index is 405. The maximum absolute atomic E-state index is 11.9. The third-order valence-corrected chi connectivity index (χ3v) is 3.60. The van der Waals surface area contributed by atoms with Crippen molar-refractivity contribution < 1.29 is 4.79 Å².